The van der Waals surface area contributed by atoms with Gasteiger partial charge in [0.15, 0.2) is 0 Å². The summed E-state index contributed by atoms with van der Waals surface area (Å²) in [7, 11) is 0. The topological polar surface area (TPSA) is 165 Å². The van der Waals surface area contributed by atoms with Gasteiger partial charge in [-0.1, -0.05) is 42.5 Å². The van der Waals surface area contributed by atoms with Crippen molar-refractivity contribution in [3.63, 3.8) is 0 Å². The summed E-state index contributed by atoms with van der Waals surface area (Å²) >= 11 is 0. The molecule has 0 saturated carbocycles. The van der Waals surface area contributed by atoms with E-state index in [4.69, 9.17) is 26.1 Å². The summed E-state index contributed by atoms with van der Waals surface area (Å²) in [5, 5.41) is 21.2. The van der Waals surface area contributed by atoms with Crippen molar-refractivity contribution in [1.29, 1.82) is 0 Å². The third kappa shape index (κ3) is 9.58. The second-order valence-electron chi connectivity index (χ2n) is 8.61. The predicted molar refractivity (Wildman–Crippen MR) is 138 cm³/mol. The lowest BCUT2D eigenvalue weighted by molar-refractivity contribution is -0.192. The van der Waals surface area contributed by atoms with E-state index in [9.17, 15) is 27.9 Å². The number of carboxylic acids is 1. The van der Waals surface area contributed by atoms with Crippen LogP contribution in [0.2, 0.25) is 0 Å². The molecule has 7 N–H and O–H groups in total. The first kappa shape index (κ1) is 31.1. The molecule has 3 aromatic rings. The van der Waals surface area contributed by atoms with Crippen LogP contribution in [0.4, 0.5) is 13.2 Å². The van der Waals surface area contributed by atoms with Crippen LogP contribution in [0.3, 0.4) is 0 Å². The maximum Gasteiger partial charge on any atom is 0.490 e. The average Bonchev–Trinajstić information content (AvgIpc) is 2.88. The molecule has 1 amide bonds. The zero-order valence-corrected chi connectivity index (χ0v) is 21.1. The lowest BCUT2D eigenvalue weighted by atomic mass is 10.0. The monoisotopic (exact) mass is 549 g/mol. The number of halogens is 3. The summed E-state index contributed by atoms with van der Waals surface area (Å²) in [6.45, 7) is 2.22. The van der Waals surface area contributed by atoms with Gasteiger partial charge in [0.2, 0.25) is 5.91 Å². The molecular weight excluding hydrogens is 519 g/mol. The van der Waals surface area contributed by atoms with Crippen LogP contribution in [0.25, 0.3) is 10.8 Å². The standard InChI is InChI=1S/C25H29N3O4.C2HF3O2/c1-16-14-19(29)12-11-18(16)15-21(27)24(30)28-22(9-5-13-26)25(31)32-23-10-4-7-17-6-2-3-8-20(17)23;3-2(4,5)1(6)7/h2-4,6-8,10-12,14,21-22,29H,5,9,13,15,26-27H2,1H3,(H,28,30);(H,6,7)/t21-,22-;/m0./s1. The van der Waals surface area contributed by atoms with Gasteiger partial charge in [-0.05, 0) is 67.4 Å². The molecular formula is C27H30F3N3O6. The van der Waals surface area contributed by atoms with Crippen molar-refractivity contribution in [2.24, 2.45) is 11.5 Å². The lowest BCUT2D eigenvalue weighted by Crippen LogP contribution is -2.50. The Morgan fingerprint density at radius 3 is 2.31 bits per heavy atom. The highest BCUT2D eigenvalue weighted by Crippen LogP contribution is 2.25. The van der Waals surface area contributed by atoms with E-state index in [-0.39, 0.29) is 12.2 Å². The minimum Gasteiger partial charge on any atom is -0.508 e. The molecule has 12 heteroatoms. The van der Waals surface area contributed by atoms with Gasteiger partial charge >= 0.3 is 18.1 Å². The number of nitrogens with one attached hydrogen (secondary N) is 1. The average molecular weight is 550 g/mol. The van der Waals surface area contributed by atoms with E-state index in [1.165, 1.54) is 0 Å². The molecule has 0 aliphatic rings. The molecule has 3 rings (SSSR count). The highest BCUT2D eigenvalue weighted by atomic mass is 19.4. The summed E-state index contributed by atoms with van der Waals surface area (Å²) in [4.78, 5) is 34.6. The van der Waals surface area contributed by atoms with Crippen molar-refractivity contribution < 1.29 is 42.5 Å². The molecule has 0 heterocycles. The Morgan fingerprint density at radius 1 is 1.05 bits per heavy atom. The van der Waals surface area contributed by atoms with E-state index in [1.54, 1.807) is 24.3 Å². The van der Waals surface area contributed by atoms with Crippen LogP contribution in [0.15, 0.2) is 60.7 Å². The van der Waals surface area contributed by atoms with E-state index in [0.717, 1.165) is 21.9 Å². The van der Waals surface area contributed by atoms with Crippen LogP contribution in [0, 0.1) is 6.92 Å². The Balaban J connectivity index is 0.000000673. The fraction of sp³-hybridized carbons (Fsp3) is 0.296. The van der Waals surface area contributed by atoms with Gasteiger partial charge in [-0.15, -0.1) is 0 Å². The molecule has 0 aliphatic carbocycles. The van der Waals surface area contributed by atoms with Gasteiger partial charge in [-0.25, -0.2) is 9.59 Å². The van der Waals surface area contributed by atoms with Crippen LogP contribution >= 0.6 is 0 Å². The van der Waals surface area contributed by atoms with Crippen LogP contribution in [0.5, 0.6) is 11.5 Å². The van der Waals surface area contributed by atoms with Crippen LogP contribution in [-0.2, 0) is 20.8 Å². The zero-order valence-electron chi connectivity index (χ0n) is 21.1. The number of esters is 1. The number of aryl methyl sites for hydroxylation is 1. The number of alkyl halides is 3. The number of amides is 1. The first-order chi connectivity index (χ1) is 18.3. The van der Waals surface area contributed by atoms with Crippen molar-refractivity contribution in [3.8, 4) is 11.5 Å². The SMILES string of the molecule is Cc1cc(O)ccc1C[C@H](N)C(=O)N[C@@H](CCCN)C(=O)Oc1cccc2ccccc12.O=C(O)C(F)(F)F. The van der Waals surface area contributed by atoms with Gasteiger partial charge < -0.3 is 31.7 Å². The number of phenolic OH excluding ortho intramolecular Hbond substituents is 1. The summed E-state index contributed by atoms with van der Waals surface area (Å²) < 4.78 is 37.4. The highest BCUT2D eigenvalue weighted by molar-refractivity contribution is 5.92. The van der Waals surface area contributed by atoms with Crippen LogP contribution in [0.1, 0.15) is 24.0 Å². The summed E-state index contributed by atoms with van der Waals surface area (Å²) in [6, 6.07) is 16.3. The zero-order chi connectivity index (χ0) is 29.2. The number of hydrogen-bond acceptors (Lipinski definition) is 7. The van der Waals surface area contributed by atoms with E-state index in [1.807, 2.05) is 43.3 Å². The number of nitrogens with two attached hydrogens (primary N) is 2. The van der Waals surface area contributed by atoms with Gasteiger partial charge in [-0.2, -0.15) is 13.2 Å². The predicted octanol–water partition coefficient (Wildman–Crippen LogP) is 3.19. The van der Waals surface area contributed by atoms with Gasteiger partial charge in [0.05, 0.1) is 6.04 Å². The number of ether oxygens (including phenoxy) is 1. The van der Waals surface area contributed by atoms with Crippen LogP contribution in [-0.4, -0.2) is 52.9 Å². The minimum atomic E-state index is -5.08. The van der Waals surface area contributed by atoms with E-state index < -0.39 is 36.1 Å². The molecule has 0 unspecified atom stereocenters. The Bertz CT molecular complexity index is 1290. The fourth-order valence-electron chi connectivity index (χ4n) is 3.55. The maximum absolute atomic E-state index is 12.9. The van der Waals surface area contributed by atoms with E-state index in [0.29, 0.717) is 25.1 Å². The Hall–Kier alpha value is -4.16. The molecule has 0 bridgehead atoms. The van der Waals surface area contributed by atoms with Gasteiger partial charge in [-0.3, -0.25) is 4.79 Å². The number of hydrogen-bond donors (Lipinski definition) is 5. The van der Waals surface area contributed by atoms with Gasteiger partial charge in [0.1, 0.15) is 17.5 Å². The van der Waals surface area contributed by atoms with Crippen molar-refractivity contribution in [2.45, 2.75) is 44.4 Å². The molecule has 0 radical (unpaired) electrons. The molecule has 0 fully saturated rings. The number of carboxylic acid groups (broad SMARTS) is 1. The summed E-state index contributed by atoms with van der Waals surface area (Å²) in [6.07, 6.45) is -3.92. The molecule has 0 saturated heterocycles. The quantitative estimate of drug-likeness (QED) is 0.201. The molecule has 0 aromatic heterocycles. The highest BCUT2D eigenvalue weighted by Gasteiger charge is 2.38. The van der Waals surface area contributed by atoms with Crippen LogP contribution < -0.4 is 21.5 Å². The van der Waals surface area contributed by atoms with E-state index in [2.05, 4.69) is 5.32 Å². The van der Waals surface area contributed by atoms with Gasteiger partial charge in [0, 0.05) is 5.39 Å². The molecule has 0 spiro atoms. The molecule has 2 atom stereocenters. The number of phenols is 1. The van der Waals surface area contributed by atoms with Crippen molar-refractivity contribution in [1.82, 2.24) is 5.32 Å². The number of carbonyl (C=O) groups excluding carboxylic acids is 2. The second kappa shape index (κ2) is 14.1. The second-order valence-corrected chi connectivity index (χ2v) is 8.61. The molecule has 0 aliphatic heterocycles. The number of carbonyl (C=O) groups is 3. The molecule has 9 nitrogen and oxygen atoms in total. The summed E-state index contributed by atoms with van der Waals surface area (Å²) in [5.74, 6) is -3.18. The largest absolute Gasteiger partial charge is 0.508 e. The van der Waals surface area contributed by atoms with Crippen molar-refractivity contribution in [2.75, 3.05) is 6.54 Å². The number of fused-ring (bicyclic) bond motifs is 1. The van der Waals surface area contributed by atoms with Gasteiger partial charge in [0.25, 0.3) is 0 Å². The third-order valence-electron chi connectivity index (χ3n) is 5.60. The minimum absolute atomic E-state index is 0.155. The maximum atomic E-state index is 12.9. The van der Waals surface area contributed by atoms with E-state index >= 15 is 0 Å². The Morgan fingerprint density at radius 2 is 1.69 bits per heavy atom. The summed E-state index contributed by atoms with van der Waals surface area (Å²) in [5.41, 5.74) is 13.4. The number of rotatable bonds is 9. The molecule has 210 valence electrons. The fourth-order valence-corrected chi connectivity index (χ4v) is 3.55. The number of benzene rings is 3. The Labute approximate surface area is 222 Å². The van der Waals surface area contributed by atoms with Crippen molar-refractivity contribution >= 4 is 28.6 Å². The first-order valence-corrected chi connectivity index (χ1v) is 11.9. The first-order valence-electron chi connectivity index (χ1n) is 11.9. The molecule has 39 heavy (non-hydrogen) atoms. The normalized spacial score (nSPS) is 12.6. The third-order valence-corrected chi connectivity index (χ3v) is 5.60. The lowest BCUT2D eigenvalue weighted by Gasteiger charge is -2.20. The van der Waals surface area contributed by atoms with Crippen molar-refractivity contribution in [3.05, 3.63) is 71.8 Å². The Kier molecular flexibility index (Phi) is 11.2. The number of aromatic hydroxyl groups is 1. The molecule has 3 aromatic carbocycles. The smallest absolute Gasteiger partial charge is 0.490 e. The number of aliphatic carboxylic acids is 1.